The van der Waals surface area contributed by atoms with Crippen molar-refractivity contribution in [2.45, 2.75) is 51.0 Å². The summed E-state index contributed by atoms with van der Waals surface area (Å²) in [5, 5.41) is 11.5. The number of nitrogens with one attached hydrogen (secondary N) is 2. The fourth-order valence-electron chi connectivity index (χ4n) is 2.63. The maximum Gasteiger partial charge on any atom is 0.241 e. The highest BCUT2D eigenvalue weighted by Gasteiger charge is 2.10. The first-order chi connectivity index (χ1) is 13.7. The van der Waals surface area contributed by atoms with Crippen LogP contribution in [0.25, 0.3) is 0 Å². The Balaban J connectivity index is 0.00000841. The highest BCUT2D eigenvalue weighted by molar-refractivity contribution is 14.0. The van der Waals surface area contributed by atoms with Crippen LogP contribution in [0.5, 0.6) is 0 Å². The monoisotopic (exact) mass is 553 g/mol. The maximum atomic E-state index is 11.9. The molecule has 10 heteroatoms. The predicted molar refractivity (Wildman–Crippen MR) is 132 cm³/mol. The van der Waals surface area contributed by atoms with Crippen LogP contribution in [0.4, 0.5) is 0 Å². The summed E-state index contributed by atoms with van der Waals surface area (Å²) in [6.45, 7) is 5.64. The Bertz CT molecular complexity index is 767. The molecule has 0 aliphatic heterocycles. The number of nitrogens with two attached hydrogens (primary N) is 1. The Hall–Kier alpha value is -1.40. The van der Waals surface area contributed by atoms with E-state index in [-0.39, 0.29) is 41.3 Å². The molecule has 4 N–H and O–H groups in total. The molecule has 1 aromatic rings. The SMILES string of the molecule is CCCCC(CC)CNC(=NCc1ccc(S(N)(=O)=O)cc1)NCC(=O)N(C)C.I. The summed E-state index contributed by atoms with van der Waals surface area (Å²) >= 11 is 0. The van der Waals surface area contributed by atoms with Crippen LogP contribution in [0.15, 0.2) is 34.2 Å². The number of hydrogen-bond donors (Lipinski definition) is 3. The Morgan fingerprint density at radius 3 is 2.30 bits per heavy atom. The second-order valence-electron chi connectivity index (χ2n) is 7.29. The molecule has 0 bridgehead atoms. The summed E-state index contributed by atoms with van der Waals surface area (Å²) < 4.78 is 22.7. The first kappa shape index (κ1) is 28.6. The molecule has 0 spiro atoms. The number of halogens is 1. The molecule has 0 heterocycles. The standard InChI is InChI=1S/C20H35N5O3S.HI/c1-5-7-8-16(6-2)13-22-20(24-15-19(26)25(3)4)23-14-17-9-11-18(12-10-17)29(21,27)28;/h9-12,16H,5-8,13-15H2,1-4H3,(H2,21,27,28)(H2,22,23,24);1H. The lowest BCUT2D eigenvalue weighted by Crippen LogP contribution is -2.44. The van der Waals surface area contributed by atoms with Crippen LogP contribution < -0.4 is 15.8 Å². The van der Waals surface area contributed by atoms with Gasteiger partial charge in [0, 0.05) is 20.6 Å². The van der Waals surface area contributed by atoms with Crippen molar-refractivity contribution in [3.05, 3.63) is 29.8 Å². The molecule has 1 amide bonds. The van der Waals surface area contributed by atoms with Gasteiger partial charge in [-0.15, -0.1) is 24.0 Å². The van der Waals surface area contributed by atoms with Crippen molar-refractivity contribution in [3.8, 4) is 0 Å². The van der Waals surface area contributed by atoms with E-state index in [4.69, 9.17) is 5.14 Å². The summed E-state index contributed by atoms with van der Waals surface area (Å²) in [5.74, 6) is 1.06. The van der Waals surface area contributed by atoms with Gasteiger partial charge in [-0.2, -0.15) is 0 Å². The number of unbranched alkanes of at least 4 members (excludes halogenated alkanes) is 1. The number of nitrogens with zero attached hydrogens (tertiary/aromatic N) is 2. The lowest BCUT2D eigenvalue weighted by Gasteiger charge is -2.19. The van der Waals surface area contributed by atoms with Crippen molar-refractivity contribution in [2.24, 2.45) is 16.0 Å². The van der Waals surface area contributed by atoms with Crippen LogP contribution in [-0.2, 0) is 21.4 Å². The lowest BCUT2D eigenvalue weighted by atomic mass is 9.99. The molecule has 0 aliphatic rings. The van der Waals surface area contributed by atoms with E-state index >= 15 is 0 Å². The molecule has 0 fully saturated rings. The van der Waals surface area contributed by atoms with E-state index in [0.717, 1.165) is 24.9 Å². The molecule has 1 rings (SSSR count). The third-order valence-electron chi connectivity index (χ3n) is 4.68. The normalized spacial score (nSPS) is 12.6. The first-order valence-electron chi connectivity index (χ1n) is 10.0. The van der Waals surface area contributed by atoms with Crippen molar-refractivity contribution in [1.82, 2.24) is 15.5 Å². The maximum absolute atomic E-state index is 11.9. The lowest BCUT2D eigenvalue weighted by molar-refractivity contribution is -0.127. The molecule has 30 heavy (non-hydrogen) atoms. The fraction of sp³-hybridized carbons (Fsp3) is 0.600. The Morgan fingerprint density at radius 2 is 1.80 bits per heavy atom. The number of primary sulfonamides is 1. The number of rotatable bonds is 11. The van der Waals surface area contributed by atoms with Crippen LogP contribution in [0.1, 0.15) is 45.1 Å². The molecular formula is C20H36IN5O3S. The second kappa shape index (κ2) is 14.6. The molecule has 1 atom stereocenters. The van der Waals surface area contributed by atoms with Crippen molar-refractivity contribution in [1.29, 1.82) is 0 Å². The van der Waals surface area contributed by atoms with Crippen LogP contribution in [0.3, 0.4) is 0 Å². The van der Waals surface area contributed by atoms with Gasteiger partial charge in [0.15, 0.2) is 5.96 Å². The Morgan fingerprint density at radius 1 is 1.17 bits per heavy atom. The topological polar surface area (TPSA) is 117 Å². The number of carbonyl (C=O) groups is 1. The molecular weight excluding hydrogens is 517 g/mol. The summed E-state index contributed by atoms with van der Waals surface area (Å²) in [6, 6.07) is 6.30. The molecule has 8 nitrogen and oxygen atoms in total. The average Bonchev–Trinajstić information content (AvgIpc) is 2.68. The van der Waals surface area contributed by atoms with E-state index in [1.165, 1.54) is 29.9 Å². The zero-order chi connectivity index (χ0) is 21.9. The van der Waals surface area contributed by atoms with Gasteiger partial charge in [0.25, 0.3) is 0 Å². The fourth-order valence-corrected chi connectivity index (χ4v) is 3.15. The van der Waals surface area contributed by atoms with Crippen LogP contribution >= 0.6 is 24.0 Å². The number of amides is 1. The molecule has 0 radical (unpaired) electrons. The van der Waals surface area contributed by atoms with Gasteiger partial charge in [0.1, 0.15) is 0 Å². The van der Waals surface area contributed by atoms with Gasteiger partial charge < -0.3 is 15.5 Å². The third kappa shape index (κ3) is 11.1. The largest absolute Gasteiger partial charge is 0.356 e. The number of aliphatic imine (C=N–C) groups is 1. The number of likely N-dealkylation sites (N-methyl/N-ethyl adjacent to an activating group) is 1. The second-order valence-corrected chi connectivity index (χ2v) is 8.85. The van der Waals surface area contributed by atoms with Gasteiger partial charge in [-0.05, 0) is 30.0 Å². The smallest absolute Gasteiger partial charge is 0.241 e. The molecule has 0 saturated carbocycles. The summed E-state index contributed by atoms with van der Waals surface area (Å²) in [6.07, 6.45) is 4.59. The predicted octanol–water partition coefficient (Wildman–Crippen LogP) is 2.29. The minimum absolute atomic E-state index is 0. The van der Waals surface area contributed by atoms with Crippen molar-refractivity contribution < 1.29 is 13.2 Å². The van der Waals surface area contributed by atoms with Crippen molar-refractivity contribution in [2.75, 3.05) is 27.2 Å². The molecule has 1 unspecified atom stereocenters. The summed E-state index contributed by atoms with van der Waals surface area (Å²) in [7, 11) is -0.294. The van der Waals surface area contributed by atoms with E-state index in [1.807, 2.05) is 0 Å². The van der Waals surface area contributed by atoms with Gasteiger partial charge in [-0.25, -0.2) is 18.5 Å². The van der Waals surface area contributed by atoms with Crippen LogP contribution in [-0.4, -0.2) is 52.4 Å². The van der Waals surface area contributed by atoms with E-state index < -0.39 is 10.0 Å². The molecule has 0 aliphatic carbocycles. The average molecular weight is 554 g/mol. The Kier molecular flexibility index (Phi) is 13.9. The highest BCUT2D eigenvalue weighted by Crippen LogP contribution is 2.12. The van der Waals surface area contributed by atoms with Crippen molar-refractivity contribution in [3.63, 3.8) is 0 Å². The molecule has 1 aromatic carbocycles. The molecule has 0 saturated heterocycles. The van der Waals surface area contributed by atoms with E-state index in [1.54, 1.807) is 26.2 Å². The number of hydrogen-bond acceptors (Lipinski definition) is 4. The minimum Gasteiger partial charge on any atom is -0.356 e. The van der Waals surface area contributed by atoms with E-state index in [9.17, 15) is 13.2 Å². The minimum atomic E-state index is -3.71. The number of carbonyl (C=O) groups excluding carboxylic acids is 1. The Labute approximate surface area is 198 Å². The van der Waals surface area contributed by atoms with Crippen LogP contribution in [0, 0.1) is 5.92 Å². The third-order valence-corrected chi connectivity index (χ3v) is 5.61. The number of sulfonamides is 1. The van der Waals surface area contributed by atoms with Gasteiger partial charge in [0.2, 0.25) is 15.9 Å². The number of benzene rings is 1. The highest BCUT2D eigenvalue weighted by atomic mass is 127. The van der Waals surface area contributed by atoms with Crippen molar-refractivity contribution >= 4 is 45.9 Å². The zero-order valence-electron chi connectivity index (χ0n) is 18.3. The van der Waals surface area contributed by atoms with E-state index in [2.05, 4.69) is 29.5 Å². The van der Waals surface area contributed by atoms with Crippen LogP contribution in [0.2, 0.25) is 0 Å². The van der Waals surface area contributed by atoms with Gasteiger partial charge in [-0.3, -0.25) is 4.79 Å². The summed E-state index contributed by atoms with van der Waals surface area (Å²) in [4.78, 5) is 18.0. The quantitative estimate of drug-likeness (QED) is 0.221. The van der Waals surface area contributed by atoms with Gasteiger partial charge in [0.05, 0.1) is 18.0 Å². The zero-order valence-corrected chi connectivity index (χ0v) is 21.5. The van der Waals surface area contributed by atoms with Gasteiger partial charge >= 0.3 is 0 Å². The summed E-state index contributed by atoms with van der Waals surface area (Å²) in [5.41, 5.74) is 0.843. The molecule has 0 aromatic heterocycles. The van der Waals surface area contributed by atoms with Gasteiger partial charge in [-0.1, -0.05) is 45.2 Å². The number of guanidine groups is 1. The van der Waals surface area contributed by atoms with E-state index in [0.29, 0.717) is 18.4 Å². The first-order valence-corrected chi connectivity index (χ1v) is 11.6. The molecule has 172 valence electrons.